The number of aliphatic carboxylic acids is 1. The first-order valence-electron chi connectivity index (χ1n) is 2.97. The molecule has 0 aromatic carbocycles. The van der Waals surface area contributed by atoms with E-state index in [0.717, 1.165) is 4.47 Å². The minimum Gasteiger partial charge on any atom is -0.502 e. The number of hydrogen-bond acceptors (Lipinski definition) is 3. The predicted octanol–water partition coefficient (Wildman–Crippen LogP) is 2.49. The molecule has 0 saturated carbocycles. The first-order chi connectivity index (χ1) is 5.61. The summed E-state index contributed by atoms with van der Waals surface area (Å²) in [4.78, 5) is 10.2. The van der Waals surface area contributed by atoms with Gasteiger partial charge in [0.1, 0.15) is 0 Å². The molecular weight excluding hydrogens is 244 g/mol. The van der Waals surface area contributed by atoms with E-state index in [0.29, 0.717) is 5.56 Å². The van der Waals surface area contributed by atoms with Gasteiger partial charge in [-0.15, -0.1) is 0 Å². The van der Waals surface area contributed by atoms with E-state index < -0.39 is 11.7 Å². The average molecular weight is 249 g/mol. The van der Waals surface area contributed by atoms with Crippen LogP contribution < -0.4 is 0 Å². The Morgan fingerprint density at radius 3 is 2.58 bits per heavy atom. The quantitative estimate of drug-likeness (QED) is 0.625. The van der Waals surface area contributed by atoms with Gasteiger partial charge in [-0.05, 0) is 27.4 Å². The van der Waals surface area contributed by atoms with Crippen LogP contribution in [-0.4, -0.2) is 16.2 Å². The second-order valence-corrected chi connectivity index (χ2v) is 3.61. The number of carbonyl (C=O) groups is 1. The van der Waals surface area contributed by atoms with Crippen LogP contribution in [0.15, 0.2) is 21.0 Å². The lowest BCUT2D eigenvalue weighted by Gasteiger charge is -1.90. The summed E-state index contributed by atoms with van der Waals surface area (Å²) < 4.78 is 0.778. The zero-order valence-electron chi connectivity index (χ0n) is 5.82. The minimum absolute atomic E-state index is 0.658. The third-order valence-electron chi connectivity index (χ3n) is 1.15. The van der Waals surface area contributed by atoms with Gasteiger partial charge in [0.25, 0.3) is 0 Å². The normalized spacial score (nSPS) is 11.6. The van der Waals surface area contributed by atoms with Crippen LogP contribution in [0.4, 0.5) is 0 Å². The minimum atomic E-state index is -1.33. The SMILES string of the molecule is O=C(O)/C(O)=C/c1cscc1Br. The highest BCUT2D eigenvalue weighted by molar-refractivity contribution is 9.10. The van der Waals surface area contributed by atoms with Gasteiger partial charge in [0.2, 0.25) is 5.76 Å². The van der Waals surface area contributed by atoms with Gasteiger partial charge in [-0.2, -0.15) is 11.3 Å². The van der Waals surface area contributed by atoms with E-state index in [1.807, 2.05) is 0 Å². The number of carboxylic acids is 1. The monoisotopic (exact) mass is 248 g/mol. The first kappa shape index (κ1) is 9.28. The molecule has 5 heteroatoms. The van der Waals surface area contributed by atoms with Crippen molar-refractivity contribution >= 4 is 39.3 Å². The Morgan fingerprint density at radius 2 is 2.17 bits per heavy atom. The fourth-order valence-electron chi connectivity index (χ4n) is 0.603. The van der Waals surface area contributed by atoms with E-state index in [1.165, 1.54) is 17.4 Å². The molecule has 1 rings (SSSR count). The second-order valence-electron chi connectivity index (χ2n) is 2.01. The molecule has 0 bridgehead atoms. The molecule has 0 saturated heterocycles. The van der Waals surface area contributed by atoms with Crippen molar-refractivity contribution in [3.8, 4) is 0 Å². The van der Waals surface area contributed by atoms with E-state index >= 15 is 0 Å². The van der Waals surface area contributed by atoms with Crippen molar-refractivity contribution in [1.82, 2.24) is 0 Å². The summed E-state index contributed by atoms with van der Waals surface area (Å²) in [5, 5.41) is 20.8. The van der Waals surface area contributed by atoms with Crippen LogP contribution >= 0.6 is 27.3 Å². The topological polar surface area (TPSA) is 57.5 Å². The molecule has 0 radical (unpaired) electrons. The van der Waals surface area contributed by atoms with Crippen LogP contribution in [0, 0.1) is 0 Å². The molecule has 2 N–H and O–H groups in total. The molecule has 1 heterocycles. The molecule has 0 atom stereocenters. The number of halogens is 1. The van der Waals surface area contributed by atoms with Crippen LogP contribution in [0.5, 0.6) is 0 Å². The lowest BCUT2D eigenvalue weighted by atomic mass is 10.3. The molecule has 0 fully saturated rings. The molecule has 64 valence electrons. The summed E-state index contributed by atoms with van der Waals surface area (Å²) >= 11 is 4.63. The largest absolute Gasteiger partial charge is 0.502 e. The van der Waals surface area contributed by atoms with Crippen LogP contribution in [0.1, 0.15) is 5.56 Å². The lowest BCUT2D eigenvalue weighted by molar-refractivity contribution is -0.135. The lowest BCUT2D eigenvalue weighted by Crippen LogP contribution is -1.97. The second kappa shape index (κ2) is 3.73. The number of hydrogen-bond donors (Lipinski definition) is 2. The molecule has 12 heavy (non-hydrogen) atoms. The van der Waals surface area contributed by atoms with Crippen LogP contribution in [0.2, 0.25) is 0 Å². The third kappa shape index (κ3) is 2.09. The highest BCUT2D eigenvalue weighted by Gasteiger charge is 2.05. The molecule has 0 aliphatic rings. The average Bonchev–Trinajstić information content (AvgIpc) is 2.36. The molecule has 1 aromatic heterocycles. The van der Waals surface area contributed by atoms with Crippen molar-refractivity contribution in [1.29, 1.82) is 0 Å². The van der Waals surface area contributed by atoms with E-state index in [4.69, 9.17) is 10.2 Å². The highest BCUT2D eigenvalue weighted by atomic mass is 79.9. The maximum atomic E-state index is 10.2. The van der Waals surface area contributed by atoms with Crippen molar-refractivity contribution in [3.63, 3.8) is 0 Å². The van der Waals surface area contributed by atoms with Crippen molar-refractivity contribution in [2.24, 2.45) is 0 Å². The van der Waals surface area contributed by atoms with Crippen molar-refractivity contribution < 1.29 is 15.0 Å². The summed E-state index contributed by atoms with van der Waals surface area (Å²) in [7, 11) is 0. The van der Waals surface area contributed by atoms with Crippen molar-refractivity contribution in [3.05, 3.63) is 26.6 Å². The Labute approximate surface area is 81.1 Å². The zero-order valence-corrected chi connectivity index (χ0v) is 8.22. The van der Waals surface area contributed by atoms with Gasteiger partial charge in [-0.25, -0.2) is 4.79 Å². The molecule has 0 unspecified atom stereocenters. The van der Waals surface area contributed by atoms with Crippen LogP contribution in [0.25, 0.3) is 6.08 Å². The van der Waals surface area contributed by atoms with Gasteiger partial charge in [0.15, 0.2) is 0 Å². The number of rotatable bonds is 2. The van der Waals surface area contributed by atoms with Crippen LogP contribution in [0.3, 0.4) is 0 Å². The fraction of sp³-hybridized carbons (Fsp3) is 0. The maximum absolute atomic E-state index is 10.2. The van der Waals surface area contributed by atoms with E-state index in [2.05, 4.69) is 15.9 Å². The standard InChI is InChI=1S/C7H5BrO3S/c8-5-3-12-2-4(5)1-6(9)7(10)11/h1-3,9H,(H,10,11)/b6-1-. The van der Waals surface area contributed by atoms with Gasteiger partial charge < -0.3 is 10.2 Å². The number of aliphatic hydroxyl groups is 1. The summed E-state index contributed by atoms with van der Waals surface area (Å²) in [6.07, 6.45) is 1.20. The Kier molecular flexibility index (Phi) is 2.88. The van der Waals surface area contributed by atoms with Gasteiger partial charge in [0.05, 0.1) is 0 Å². The van der Waals surface area contributed by atoms with E-state index in [1.54, 1.807) is 10.8 Å². The summed E-state index contributed by atoms with van der Waals surface area (Å²) in [6, 6.07) is 0. The van der Waals surface area contributed by atoms with Gasteiger partial charge >= 0.3 is 5.97 Å². The molecule has 3 nitrogen and oxygen atoms in total. The van der Waals surface area contributed by atoms with Crippen molar-refractivity contribution in [2.45, 2.75) is 0 Å². The van der Waals surface area contributed by atoms with E-state index in [-0.39, 0.29) is 0 Å². The Balaban J connectivity index is 2.95. The molecule has 0 amide bonds. The number of thiophene rings is 1. The number of carboxylic acid groups (broad SMARTS) is 1. The predicted molar refractivity (Wildman–Crippen MR) is 50.3 cm³/mol. The summed E-state index contributed by atoms with van der Waals surface area (Å²) in [6.45, 7) is 0. The smallest absolute Gasteiger partial charge is 0.370 e. The summed E-state index contributed by atoms with van der Waals surface area (Å²) in [5.74, 6) is -1.98. The Bertz CT molecular complexity index is 329. The van der Waals surface area contributed by atoms with Gasteiger partial charge in [-0.1, -0.05) is 0 Å². The Morgan fingerprint density at radius 1 is 1.50 bits per heavy atom. The zero-order chi connectivity index (χ0) is 9.14. The summed E-state index contributed by atoms with van der Waals surface area (Å²) in [5.41, 5.74) is 0.667. The van der Waals surface area contributed by atoms with Crippen LogP contribution in [-0.2, 0) is 4.79 Å². The van der Waals surface area contributed by atoms with Crippen molar-refractivity contribution in [2.75, 3.05) is 0 Å². The van der Waals surface area contributed by atoms with E-state index in [9.17, 15) is 4.79 Å². The fourth-order valence-corrected chi connectivity index (χ4v) is 1.97. The number of aliphatic hydroxyl groups excluding tert-OH is 1. The Hall–Kier alpha value is -0.810. The highest BCUT2D eigenvalue weighted by Crippen LogP contribution is 2.23. The third-order valence-corrected chi connectivity index (χ3v) is 2.91. The van der Waals surface area contributed by atoms with Gasteiger partial charge in [0, 0.05) is 15.4 Å². The maximum Gasteiger partial charge on any atom is 0.370 e. The molecule has 0 aliphatic heterocycles. The molecule has 0 spiro atoms. The molecular formula is C7H5BrO3S. The molecule has 0 aliphatic carbocycles. The molecule has 1 aromatic rings. The first-order valence-corrected chi connectivity index (χ1v) is 4.70. The van der Waals surface area contributed by atoms with Gasteiger partial charge in [-0.3, -0.25) is 0 Å².